The van der Waals surface area contributed by atoms with Crippen molar-refractivity contribution in [2.45, 2.75) is 25.5 Å². The first-order valence-electron chi connectivity index (χ1n) is 10.2. The summed E-state index contributed by atoms with van der Waals surface area (Å²) in [5.41, 5.74) is 1.11. The minimum Gasteiger partial charge on any atom is -0.394 e. The van der Waals surface area contributed by atoms with Crippen molar-refractivity contribution >= 4 is 38.5 Å². The number of benzene rings is 1. The van der Waals surface area contributed by atoms with E-state index in [1.54, 1.807) is 15.9 Å². The number of amides is 2. The number of rotatable bonds is 5. The van der Waals surface area contributed by atoms with Gasteiger partial charge in [-0.25, -0.2) is 23.5 Å². The van der Waals surface area contributed by atoms with Crippen LogP contribution in [0.2, 0.25) is 0 Å². The number of urea groups is 1. The highest BCUT2D eigenvalue weighted by Gasteiger charge is 2.30. The number of aliphatic hydroxyl groups is 2. The molecule has 8 nitrogen and oxygen atoms in total. The van der Waals surface area contributed by atoms with Gasteiger partial charge in [0.2, 0.25) is 0 Å². The van der Waals surface area contributed by atoms with Crippen molar-refractivity contribution < 1.29 is 23.8 Å². The van der Waals surface area contributed by atoms with Gasteiger partial charge in [0.15, 0.2) is 16.8 Å². The number of carbonyl (C=O) groups is 1. The molecule has 1 aliphatic heterocycles. The van der Waals surface area contributed by atoms with E-state index in [-0.39, 0.29) is 30.1 Å². The Balaban J connectivity index is 1.39. The molecule has 2 aromatic heterocycles. The zero-order chi connectivity index (χ0) is 22.8. The number of hydrogen-bond acceptors (Lipinski definition) is 7. The molecule has 2 atom stereocenters. The highest BCUT2D eigenvalue weighted by Crippen LogP contribution is 2.27. The monoisotopic (exact) mass is 463 g/mol. The van der Waals surface area contributed by atoms with Gasteiger partial charge in [-0.05, 0) is 36.8 Å². The van der Waals surface area contributed by atoms with Gasteiger partial charge in [-0.1, -0.05) is 11.3 Å². The highest BCUT2D eigenvalue weighted by molar-refractivity contribution is 7.22. The van der Waals surface area contributed by atoms with Gasteiger partial charge in [0.25, 0.3) is 0 Å². The number of fused-ring (bicyclic) bond motifs is 1. The summed E-state index contributed by atoms with van der Waals surface area (Å²) in [4.78, 5) is 24.7. The van der Waals surface area contributed by atoms with Crippen LogP contribution in [0.5, 0.6) is 0 Å². The number of aromatic nitrogens is 2. The molecular formula is C21H23F2N5O3S. The van der Waals surface area contributed by atoms with Crippen molar-refractivity contribution in [3.8, 4) is 0 Å². The zero-order valence-corrected chi connectivity index (χ0v) is 18.1. The summed E-state index contributed by atoms with van der Waals surface area (Å²) in [6.45, 7) is 2.60. The third-order valence-corrected chi connectivity index (χ3v) is 6.25. The molecule has 0 bridgehead atoms. The average molecular weight is 464 g/mol. The first-order valence-corrected chi connectivity index (χ1v) is 11.0. The molecular weight excluding hydrogens is 440 g/mol. The number of hydrogen-bond donors (Lipinski definition) is 3. The molecule has 32 heavy (non-hydrogen) atoms. The molecule has 170 valence electrons. The van der Waals surface area contributed by atoms with Gasteiger partial charge in [-0.2, -0.15) is 0 Å². The van der Waals surface area contributed by atoms with E-state index >= 15 is 0 Å². The number of pyridine rings is 1. The lowest BCUT2D eigenvalue weighted by Gasteiger charge is -2.40. The summed E-state index contributed by atoms with van der Waals surface area (Å²) < 4.78 is 28.6. The lowest BCUT2D eigenvalue weighted by atomic mass is 10.1. The van der Waals surface area contributed by atoms with Gasteiger partial charge >= 0.3 is 6.03 Å². The van der Waals surface area contributed by atoms with E-state index in [0.29, 0.717) is 40.5 Å². The van der Waals surface area contributed by atoms with Gasteiger partial charge in [-0.3, -0.25) is 5.32 Å². The second-order valence-electron chi connectivity index (χ2n) is 7.74. The predicted molar refractivity (Wildman–Crippen MR) is 118 cm³/mol. The van der Waals surface area contributed by atoms with Crippen LogP contribution in [0.4, 0.5) is 24.5 Å². The van der Waals surface area contributed by atoms with Gasteiger partial charge < -0.3 is 20.0 Å². The number of thiazole rings is 1. The van der Waals surface area contributed by atoms with E-state index in [4.69, 9.17) is 5.11 Å². The maximum atomic E-state index is 14.6. The summed E-state index contributed by atoms with van der Waals surface area (Å²) >= 11 is 1.20. The van der Waals surface area contributed by atoms with Crippen molar-refractivity contribution in [3.63, 3.8) is 0 Å². The van der Waals surface area contributed by atoms with Crippen molar-refractivity contribution in [2.24, 2.45) is 0 Å². The molecule has 1 aliphatic rings. The molecule has 0 unspecified atom stereocenters. The van der Waals surface area contributed by atoms with E-state index in [0.717, 1.165) is 0 Å². The van der Waals surface area contributed by atoms with Gasteiger partial charge in [0.05, 0.1) is 22.9 Å². The van der Waals surface area contributed by atoms with Crippen LogP contribution < -0.4 is 10.2 Å². The molecule has 1 saturated heterocycles. The fourth-order valence-corrected chi connectivity index (χ4v) is 4.60. The summed E-state index contributed by atoms with van der Waals surface area (Å²) in [5, 5.41) is 21.6. The first kappa shape index (κ1) is 22.3. The number of carbonyl (C=O) groups excluding carboxylic acids is 1. The van der Waals surface area contributed by atoms with Crippen LogP contribution in [-0.4, -0.2) is 69.5 Å². The average Bonchev–Trinajstić information content (AvgIpc) is 3.14. The molecule has 1 aromatic carbocycles. The Kier molecular flexibility index (Phi) is 6.49. The topological polar surface area (TPSA) is 102 Å². The molecule has 2 amide bonds. The molecule has 4 rings (SSSR count). The molecule has 0 aliphatic carbocycles. The third-order valence-electron chi connectivity index (χ3n) is 5.31. The lowest BCUT2D eigenvalue weighted by molar-refractivity contribution is 0.0954. The predicted octanol–water partition coefficient (Wildman–Crippen LogP) is 2.61. The molecule has 3 N–H and O–H groups in total. The Morgan fingerprint density at radius 1 is 1.34 bits per heavy atom. The third kappa shape index (κ3) is 4.79. The van der Waals surface area contributed by atoms with Crippen molar-refractivity contribution in [1.29, 1.82) is 0 Å². The van der Waals surface area contributed by atoms with Crippen LogP contribution in [-0.2, 0) is 6.42 Å². The molecule has 1 fully saturated rings. The van der Waals surface area contributed by atoms with E-state index in [1.165, 1.54) is 35.7 Å². The second kappa shape index (κ2) is 9.31. The summed E-state index contributed by atoms with van der Waals surface area (Å²) in [6.07, 6.45) is 0.638. The fraction of sp³-hybridized carbons (Fsp3) is 0.381. The molecule has 3 heterocycles. The Morgan fingerprint density at radius 2 is 2.16 bits per heavy atom. The van der Waals surface area contributed by atoms with Crippen LogP contribution in [0.1, 0.15) is 12.5 Å². The maximum absolute atomic E-state index is 14.6. The number of anilines is 2. The van der Waals surface area contributed by atoms with E-state index < -0.39 is 18.5 Å². The second-order valence-corrected chi connectivity index (χ2v) is 8.77. The SMILES string of the molecule is C[C@@H]1CN(c2ncc(C[C@@H](O)CO)cc2F)CCN1C(=O)Nc1nc2ccc(F)cc2s1. The van der Waals surface area contributed by atoms with Gasteiger partial charge in [-0.15, -0.1) is 0 Å². The Bertz CT molecular complexity index is 1130. The van der Waals surface area contributed by atoms with E-state index in [9.17, 15) is 18.7 Å². The normalized spacial score (nSPS) is 17.6. The number of nitrogens with zero attached hydrogens (tertiary/aromatic N) is 4. The van der Waals surface area contributed by atoms with Gasteiger partial charge in [0, 0.05) is 38.3 Å². The van der Waals surface area contributed by atoms with E-state index in [2.05, 4.69) is 15.3 Å². The lowest BCUT2D eigenvalue weighted by Crippen LogP contribution is -2.55. The molecule has 0 saturated carbocycles. The Hall–Kier alpha value is -2.89. The summed E-state index contributed by atoms with van der Waals surface area (Å²) in [7, 11) is 0. The van der Waals surface area contributed by atoms with Crippen LogP contribution >= 0.6 is 11.3 Å². The Labute approximate surface area is 187 Å². The van der Waals surface area contributed by atoms with Crippen LogP contribution in [0.25, 0.3) is 10.2 Å². The molecule has 3 aromatic rings. The standard InChI is InChI=1S/C21H23F2N5O3S/c1-12-10-27(19-16(23)7-13(9-24-19)6-15(30)11-29)4-5-28(12)21(31)26-20-25-17-3-2-14(22)8-18(17)32-20/h2-3,7-9,12,15,29-30H,4-6,10-11H2,1H3,(H,25,26,31)/t12-,15-/m1/s1. The molecule has 11 heteroatoms. The number of nitrogens with one attached hydrogen (secondary N) is 1. The summed E-state index contributed by atoms with van der Waals surface area (Å²) in [5.74, 6) is -0.686. The quantitative estimate of drug-likeness (QED) is 0.538. The zero-order valence-electron chi connectivity index (χ0n) is 17.3. The van der Waals surface area contributed by atoms with Crippen LogP contribution in [0, 0.1) is 11.6 Å². The molecule has 0 spiro atoms. The fourth-order valence-electron chi connectivity index (χ4n) is 3.72. The maximum Gasteiger partial charge on any atom is 0.324 e. The smallest absolute Gasteiger partial charge is 0.324 e. The Morgan fingerprint density at radius 3 is 2.88 bits per heavy atom. The van der Waals surface area contributed by atoms with Crippen molar-refractivity contribution in [2.75, 3.05) is 36.5 Å². The minimum absolute atomic E-state index is 0.115. The van der Waals surface area contributed by atoms with Crippen molar-refractivity contribution in [3.05, 3.63) is 47.7 Å². The minimum atomic E-state index is -0.960. The summed E-state index contributed by atoms with van der Waals surface area (Å²) in [6, 6.07) is 5.03. The number of halogens is 2. The van der Waals surface area contributed by atoms with Crippen LogP contribution in [0.3, 0.4) is 0 Å². The van der Waals surface area contributed by atoms with E-state index in [1.807, 2.05) is 6.92 Å². The first-order chi connectivity index (χ1) is 15.3. The number of piperazine rings is 1. The van der Waals surface area contributed by atoms with Crippen LogP contribution in [0.15, 0.2) is 30.5 Å². The highest BCUT2D eigenvalue weighted by atomic mass is 32.1. The number of aliphatic hydroxyl groups excluding tert-OH is 2. The molecule has 0 radical (unpaired) electrons. The van der Waals surface area contributed by atoms with Gasteiger partial charge in [0.1, 0.15) is 5.82 Å². The largest absolute Gasteiger partial charge is 0.394 e. The van der Waals surface area contributed by atoms with Crippen molar-refractivity contribution in [1.82, 2.24) is 14.9 Å².